The summed E-state index contributed by atoms with van der Waals surface area (Å²) in [6, 6.07) is 10.1. The van der Waals surface area contributed by atoms with Gasteiger partial charge in [0.25, 0.3) is 0 Å². The third kappa shape index (κ3) is 4.43. The summed E-state index contributed by atoms with van der Waals surface area (Å²) in [6.45, 7) is 1.71. The molecular formula is C25H26ClNO6. The molecule has 0 spiro atoms. The van der Waals surface area contributed by atoms with Crippen LogP contribution in [0.1, 0.15) is 24.8 Å². The third-order valence-corrected chi connectivity index (χ3v) is 5.99. The van der Waals surface area contributed by atoms with E-state index in [0.717, 1.165) is 59.3 Å². The van der Waals surface area contributed by atoms with Gasteiger partial charge in [0.1, 0.15) is 0 Å². The highest BCUT2D eigenvalue weighted by atomic mass is 35.5. The van der Waals surface area contributed by atoms with E-state index in [9.17, 15) is 4.79 Å². The van der Waals surface area contributed by atoms with Crippen LogP contribution in [0.15, 0.2) is 36.5 Å². The number of esters is 1. The Hall–Kier alpha value is -3.03. The second kappa shape index (κ2) is 9.85. The molecule has 3 heterocycles. The van der Waals surface area contributed by atoms with Crippen molar-refractivity contribution in [2.24, 2.45) is 0 Å². The summed E-state index contributed by atoms with van der Waals surface area (Å²) in [4.78, 5) is 12.5. The molecule has 0 bridgehead atoms. The Morgan fingerprint density at radius 1 is 1.09 bits per heavy atom. The molecule has 0 atom stereocenters. The quantitative estimate of drug-likeness (QED) is 0.220. The molecule has 2 aliphatic rings. The van der Waals surface area contributed by atoms with Crippen LogP contribution in [-0.2, 0) is 22.5 Å². The minimum absolute atomic E-state index is 0. The number of carbonyl (C=O) groups excluding carboxylic acids is 1. The Kier molecular flexibility index (Phi) is 6.91. The van der Waals surface area contributed by atoms with Crippen LogP contribution >= 0.6 is 0 Å². The number of hydrogen-bond donors (Lipinski definition) is 0. The molecule has 0 saturated heterocycles. The Bertz CT molecular complexity index is 1200. The van der Waals surface area contributed by atoms with E-state index < -0.39 is 0 Å². The fourth-order valence-electron chi connectivity index (χ4n) is 4.34. The maximum absolute atomic E-state index is 12.5. The number of pyridine rings is 1. The molecule has 0 fully saturated rings. The first kappa shape index (κ1) is 23.1. The number of carbonyl (C=O) groups is 1. The second-order valence-corrected chi connectivity index (χ2v) is 7.99. The summed E-state index contributed by atoms with van der Waals surface area (Å²) in [6.07, 6.45) is 4.81. The van der Waals surface area contributed by atoms with E-state index in [1.807, 2.05) is 18.3 Å². The van der Waals surface area contributed by atoms with E-state index in [0.29, 0.717) is 24.5 Å². The molecular weight excluding hydrogens is 446 g/mol. The van der Waals surface area contributed by atoms with Crippen LogP contribution in [0.2, 0.25) is 0 Å². The number of nitrogens with zero attached hydrogens (tertiary/aromatic N) is 1. The maximum Gasteiger partial charge on any atom is 0.311 e. The summed E-state index contributed by atoms with van der Waals surface area (Å²) in [7, 11) is 3.24. The average molecular weight is 472 g/mol. The maximum atomic E-state index is 12.5. The van der Waals surface area contributed by atoms with Crippen molar-refractivity contribution in [1.29, 1.82) is 0 Å². The minimum Gasteiger partial charge on any atom is -1.00 e. The summed E-state index contributed by atoms with van der Waals surface area (Å²) >= 11 is 0. The van der Waals surface area contributed by atoms with Gasteiger partial charge in [-0.2, -0.15) is 4.57 Å². The largest absolute Gasteiger partial charge is 1.00 e. The van der Waals surface area contributed by atoms with Gasteiger partial charge in [0.15, 0.2) is 35.7 Å². The van der Waals surface area contributed by atoms with Gasteiger partial charge in [0, 0.05) is 32.6 Å². The standard InChI is InChI=1S/C25H26NO6.ClH/c1-28-10-4-3-5-24(27)32-25-19-14-26-9-8-17-12-22-23(31-15-30-22)13-18(17)20(26)11-16(19)6-7-21(25)29-2;/h6-7,11-14H,3-5,8-10,15H2,1-2H3;1H/q+1;/p-1. The molecule has 0 saturated carbocycles. The first-order valence-corrected chi connectivity index (χ1v) is 10.8. The molecule has 1 aromatic heterocycles. The number of unbranched alkanes of at least 4 members (excludes halogenated alkanes) is 1. The smallest absolute Gasteiger partial charge is 0.311 e. The number of halogens is 1. The Labute approximate surface area is 198 Å². The molecule has 0 radical (unpaired) electrons. The number of benzene rings is 2. The van der Waals surface area contributed by atoms with E-state index in [4.69, 9.17) is 23.7 Å². The lowest BCUT2D eigenvalue weighted by molar-refractivity contribution is -0.686. The van der Waals surface area contributed by atoms with Crippen LogP contribution in [0.5, 0.6) is 23.0 Å². The molecule has 3 aromatic rings. The summed E-state index contributed by atoms with van der Waals surface area (Å²) < 4.78 is 29.7. The van der Waals surface area contributed by atoms with Crippen LogP contribution in [0.3, 0.4) is 0 Å². The average Bonchev–Trinajstić information content (AvgIpc) is 3.27. The van der Waals surface area contributed by atoms with Crippen molar-refractivity contribution >= 4 is 16.7 Å². The molecule has 7 nitrogen and oxygen atoms in total. The van der Waals surface area contributed by atoms with Crippen molar-refractivity contribution < 1.29 is 45.5 Å². The van der Waals surface area contributed by atoms with Crippen molar-refractivity contribution in [3.63, 3.8) is 0 Å². The van der Waals surface area contributed by atoms with Crippen LogP contribution in [-0.4, -0.2) is 33.6 Å². The van der Waals surface area contributed by atoms with Crippen LogP contribution in [0.4, 0.5) is 0 Å². The van der Waals surface area contributed by atoms with Crippen molar-refractivity contribution in [2.45, 2.75) is 32.2 Å². The molecule has 2 aromatic carbocycles. The third-order valence-electron chi connectivity index (χ3n) is 5.99. The highest BCUT2D eigenvalue weighted by molar-refractivity contribution is 5.93. The van der Waals surface area contributed by atoms with Gasteiger partial charge in [0.2, 0.25) is 12.5 Å². The van der Waals surface area contributed by atoms with Crippen molar-refractivity contribution in [3.05, 3.63) is 42.1 Å². The lowest BCUT2D eigenvalue weighted by atomic mass is 9.95. The first-order chi connectivity index (χ1) is 15.7. The summed E-state index contributed by atoms with van der Waals surface area (Å²) in [5.74, 6) is 2.32. The number of methoxy groups -OCH3 is 2. The van der Waals surface area contributed by atoms with Crippen LogP contribution < -0.4 is 35.9 Å². The lowest BCUT2D eigenvalue weighted by Crippen LogP contribution is -3.00. The zero-order valence-electron chi connectivity index (χ0n) is 18.7. The second-order valence-electron chi connectivity index (χ2n) is 7.99. The molecule has 174 valence electrons. The van der Waals surface area contributed by atoms with Crippen LogP contribution in [0, 0.1) is 0 Å². The van der Waals surface area contributed by atoms with E-state index in [2.05, 4.69) is 22.8 Å². The normalized spacial score (nSPS) is 13.2. The SMILES string of the molecule is COCCCCC(=O)Oc1c(OC)ccc2cc3[n+](cc12)CCc1cc2c(cc1-3)OCO2.[Cl-]. The highest BCUT2D eigenvalue weighted by Gasteiger charge is 2.29. The van der Waals surface area contributed by atoms with Gasteiger partial charge in [-0.25, -0.2) is 0 Å². The molecule has 5 rings (SSSR count). The summed E-state index contributed by atoms with van der Waals surface area (Å²) in [5, 5.41) is 1.83. The zero-order chi connectivity index (χ0) is 22.1. The van der Waals surface area contributed by atoms with Crippen molar-refractivity contribution in [2.75, 3.05) is 27.6 Å². The topological polar surface area (TPSA) is 67.1 Å². The van der Waals surface area contributed by atoms with E-state index in [-0.39, 0.29) is 25.2 Å². The van der Waals surface area contributed by atoms with E-state index in [1.54, 1.807) is 14.2 Å². The van der Waals surface area contributed by atoms with Gasteiger partial charge in [-0.05, 0) is 48.1 Å². The van der Waals surface area contributed by atoms with Crippen molar-refractivity contribution in [1.82, 2.24) is 0 Å². The van der Waals surface area contributed by atoms with Gasteiger partial charge in [-0.15, -0.1) is 0 Å². The number of hydrogen-bond acceptors (Lipinski definition) is 6. The molecule has 0 unspecified atom stereocenters. The highest BCUT2D eigenvalue weighted by Crippen LogP contribution is 2.41. The fraction of sp³-hybridized carbons (Fsp3) is 0.360. The number of rotatable bonds is 7. The number of ether oxygens (including phenoxy) is 5. The summed E-state index contributed by atoms with van der Waals surface area (Å²) in [5.41, 5.74) is 3.47. The zero-order valence-corrected chi connectivity index (χ0v) is 19.4. The molecule has 8 heteroatoms. The molecule has 0 aliphatic carbocycles. The number of aryl methyl sites for hydroxylation is 2. The van der Waals surface area contributed by atoms with Gasteiger partial charge in [-0.3, -0.25) is 4.79 Å². The Balaban J connectivity index is 0.00000259. The van der Waals surface area contributed by atoms with E-state index in [1.165, 1.54) is 5.56 Å². The lowest BCUT2D eigenvalue weighted by Gasteiger charge is -2.17. The Morgan fingerprint density at radius 3 is 2.70 bits per heavy atom. The van der Waals surface area contributed by atoms with Gasteiger partial charge in [-0.1, -0.05) is 0 Å². The number of fused-ring (bicyclic) bond motifs is 5. The number of aromatic nitrogens is 1. The Morgan fingerprint density at radius 2 is 1.91 bits per heavy atom. The molecule has 33 heavy (non-hydrogen) atoms. The van der Waals surface area contributed by atoms with Gasteiger partial charge in [0.05, 0.1) is 18.1 Å². The first-order valence-electron chi connectivity index (χ1n) is 10.8. The monoisotopic (exact) mass is 471 g/mol. The van der Waals surface area contributed by atoms with E-state index >= 15 is 0 Å². The molecule has 0 N–H and O–H groups in total. The predicted octanol–water partition coefficient (Wildman–Crippen LogP) is 0.814. The fourth-order valence-corrected chi connectivity index (χ4v) is 4.34. The van der Waals surface area contributed by atoms with Crippen LogP contribution in [0.25, 0.3) is 22.0 Å². The molecule has 0 amide bonds. The van der Waals surface area contributed by atoms with Gasteiger partial charge < -0.3 is 36.1 Å². The minimum atomic E-state index is -0.271. The predicted molar refractivity (Wildman–Crippen MR) is 117 cm³/mol. The molecule has 2 aliphatic heterocycles. The van der Waals surface area contributed by atoms with Crippen molar-refractivity contribution in [3.8, 4) is 34.3 Å². The van der Waals surface area contributed by atoms with Gasteiger partial charge >= 0.3 is 5.97 Å².